The number of fused-ring (bicyclic) bond motifs is 1. The van der Waals surface area contributed by atoms with E-state index in [-0.39, 0.29) is 5.41 Å². The number of nitrogens with two attached hydrogens (primary N) is 1. The third kappa shape index (κ3) is 3.44. The number of hydrogen-bond acceptors (Lipinski definition) is 4. The van der Waals surface area contributed by atoms with Crippen LogP contribution in [0.2, 0.25) is 0 Å². The molecule has 104 valence electrons. The van der Waals surface area contributed by atoms with Crippen LogP contribution in [0.1, 0.15) is 39.3 Å². The number of anilines is 1. The van der Waals surface area contributed by atoms with E-state index in [1.54, 1.807) is 4.52 Å². The summed E-state index contributed by atoms with van der Waals surface area (Å²) < 4.78 is 1.78. The smallest absolute Gasteiger partial charge is 0.153 e. The molecule has 0 saturated carbocycles. The number of rotatable bonds is 6. The van der Waals surface area contributed by atoms with Gasteiger partial charge in [-0.05, 0) is 24.0 Å². The summed E-state index contributed by atoms with van der Waals surface area (Å²) in [5.74, 6) is 0.873. The normalized spacial score (nSPS) is 12.0. The largest absolute Gasteiger partial charge is 0.368 e. The van der Waals surface area contributed by atoms with Crippen molar-refractivity contribution in [3.05, 3.63) is 24.0 Å². The van der Waals surface area contributed by atoms with Crippen LogP contribution in [-0.4, -0.2) is 21.1 Å². The molecule has 2 heterocycles. The van der Waals surface area contributed by atoms with Crippen molar-refractivity contribution in [3.63, 3.8) is 0 Å². The number of nitrogens with zero attached hydrogens (tertiary/aromatic N) is 3. The van der Waals surface area contributed by atoms with E-state index in [2.05, 4.69) is 36.2 Å². The van der Waals surface area contributed by atoms with Gasteiger partial charge in [0.1, 0.15) is 5.82 Å². The Hall–Kier alpha value is -1.62. The number of nitrogens with one attached hydrogen (secondary N) is 1. The summed E-state index contributed by atoms with van der Waals surface area (Å²) in [6.45, 7) is 8.11. The van der Waals surface area contributed by atoms with Gasteiger partial charge in [-0.15, -0.1) is 5.10 Å². The zero-order valence-electron chi connectivity index (χ0n) is 12.0. The average Bonchev–Trinajstić information content (AvgIpc) is 2.78. The van der Waals surface area contributed by atoms with E-state index in [0.717, 1.165) is 23.7 Å². The van der Waals surface area contributed by atoms with E-state index in [0.29, 0.717) is 6.54 Å². The molecule has 0 bridgehead atoms. The molecule has 0 fully saturated rings. The molecule has 0 aromatic carbocycles. The minimum Gasteiger partial charge on any atom is -0.368 e. The molecule has 5 nitrogen and oxygen atoms in total. The summed E-state index contributed by atoms with van der Waals surface area (Å²) in [7, 11) is 0. The molecular weight excluding hydrogens is 238 g/mol. The first kappa shape index (κ1) is 13.8. The summed E-state index contributed by atoms with van der Waals surface area (Å²) in [4.78, 5) is 4.36. The fourth-order valence-corrected chi connectivity index (χ4v) is 2.22. The maximum atomic E-state index is 5.58. The van der Waals surface area contributed by atoms with Crippen LogP contribution >= 0.6 is 0 Å². The van der Waals surface area contributed by atoms with E-state index in [1.165, 1.54) is 12.8 Å². The zero-order valence-corrected chi connectivity index (χ0v) is 12.0. The first-order valence-corrected chi connectivity index (χ1v) is 6.83. The zero-order chi connectivity index (χ0) is 13.9. The molecule has 0 unspecified atom stereocenters. The van der Waals surface area contributed by atoms with Crippen molar-refractivity contribution in [2.24, 2.45) is 11.1 Å². The van der Waals surface area contributed by atoms with Crippen LogP contribution in [0.4, 0.5) is 5.82 Å². The Morgan fingerprint density at radius 2 is 2.16 bits per heavy atom. The first-order valence-electron chi connectivity index (χ1n) is 6.83. The lowest BCUT2D eigenvalue weighted by Crippen LogP contribution is -2.23. The van der Waals surface area contributed by atoms with Crippen molar-refractivity contribution in [2.45, 2.75) is 40.2 Å². The van der Waals surface area contributed by atoms with E-state index in [1.807, 2.05) is 18.3 Å². The SMILES string of the molecule is CCCC(C)(C)CNc1ccc2nc(CN)cn2n1. The fraction of sp³-hybridized carbons (Fsp3) is 0.571. The molecule has 0 aliphatic heterocycles. The van der Waals surface area contributed by atoms with Gasteiger partial charge in [0.15, 0.2) is 5.65 Å². The van der Waals surface area contributed by atoms with Gasteiger partial charge in [-0.1, -0.05) is 27.2 Å². The minimum absolute atomic E-state index is 0.280. The summed E-state index contributed by atoms with van der Waals surface area (Å²) in [5, 5.41) is 7.89. The maximum Gasteiger partial charge on any atom is 0.153 e. The molecule has 0 atom stereocenters. The molecule has 0 spiro atoms. The Balaban J connectivity index is 2.09. The van der Waals surface area contributed by atoms with Crippen molar-refractivity contribution in [1.29, 1.82) is 0 Å². The average molecular weight is 261 g/mol. The molecule has 3 N–H and O–H groups in total. The van der Waals surface area contributed by atoms with Crippen molar-refractivity contribution >= 4 is 11.5 Å². The molecule has 2 rings (SSSR count). The van der Waals surface area contributed by atoms with Gasteiger partial charge in [-0.3, -0.25) is 0 Å². The van der Waals surface area contributed by atoms with Crippen molar-refractivity contribution < 1.29 is 0 Å². The van der Waals surface area contributed by atoms with Gasteiger partial charge in [0, 0.05) is 13.1 Å². The van der Waals surface area contributed by atoms with Crippen LogP contribution in [0.25, 0.3) is 5.65 Å². The summed E-state index contributed by atoms with van der Waals surface area (Å²) in [6.07, 6.45) is 4.27. The van der Waals surface area contributed by atoms with Crippen LogP contribution in [0, 0.1) is 5.41 Å². The van der Waals surface area contributed by atoms with Crippen LogP contribution in [-0.2, 0) is 6.54 Å². The van der Waals surface area contributed by atoms with Gasteiger partial charge >= 0.3 is 0 Å². The third-order valence-electron chi connectivity index (χ3n) is 3.25. The van der Waals surface area contributed by atoms with E-state index in [4.69, 9.17) is 5.73 Å². The monoisotopic (exact) mass is 261 g/mol. The molecule has 0 aliphatic rings. The Labute approximate surface area is 114 Å². The Morgan fingerprint density at radius 3 is 2.84 bits per heavy atom. The second-order valence-corrected chi connectivity index (χ2v) is 5.73. The predicted octanol–water partition coefficient (Wildman–Crippen LogP) is 2.43. The number of imidazole rings is 1. The molecule has 19 heavy (non-hydrogen) atoms. The lowest BCUT2D eigenvalue weighted by molar-refractivity contribution is 0.354. The van der Waals surface area contributed by atoms with Crippen molar-refractivity contribution in [3.8, 4) is 0 Å². The van der Waals surface area contributed by atoms with Gasteiger partial charge in [0.05, 0.1) is 11.9 Å². The number of aromatic nitrogens is 3. The van der Waals surface area contributed by atoms with Gasteiger partial charge in [-0.2, -0.15) is 0 Å². The molecule has 2 aromatic heterocycles. The lowest BCUT2D eigenvalue weighted by Gasteiger charge is -2.24. The fourth-order valence-electron chi connectivity index (χ4n) is 2.22. The summed E-state index contributed by atoms with van der Waals surface area (Å²) in [5.41, 5.74) is 7.55. The molecule has 0 radical (unpaired) electrons. The summed E-state index contributed by atoms with van der Waals surface area (Å²) >= 11 is 0. The predicted molar refractivity (Wildman–Crippen MR) is 78.1 cm³/mol. The van der Waals surface area contributed by atoms with Gasteiger partial charge in [0.2, 0.25) is 0 Å². The molecule has 0 amide bonds. The molecule has 0 aliphatic carbocycles. The third-order valence-corrected chi connectivity index (χ3v) is 3.25. The second kappa shape index (κ2) is 5.57. The van der Waals surface area contributed by atoms with Crippen LogP contribution in [0.15, 0.2) is 18.3 Å². The van der Waals surface area contributed by atoms with E-state index < -0.39 is 0 Å². The van der Waals surface area contributed by atoms with Crippen molar-refractivity contribution in [1.82, 2.24) is 14.6 Å². The van der Waals surface area contributed by atoms with Gasteiger partial charge in [0.25, 0.3) is 0 Å². The van der Waals surface area contributed by atoms with E-state index in [9.17, 15) is 0 Å². The molecule has 5 heteroatoms. The topological polar surface area (TPSA) is 68.2 Å². The Bertz CT molecular complexity index is 544. The quantitative estimate of drug-likeness (QED) is 0.838. The summed E-state index contributed by atoms with van der Waals surface area (Å²) in [6, 6.07) is 3.92. The number of hydrogen-bond donors (Lipinski definition) is 2. The highest BCUT2D eigenvalue weighted by Gasteiger charge is 2.16. The Morgan fingerprint density at radius 1 is 1.37 bits per heavy atom. The first-order chi connectivity index (χ1) is 9.04. The van der Waals surface area contributed by atoms with Crippen molar-refractivity contribution in [2.75, 3.05) is 11.9 Å². The molecular formula is C14H23N5. The Kier molecular flexibility index (Phi) is 4.04. The lowest BCUT2D eigenvalue weighted by atomic mass is 9.88. The van der Waals surface area contributed by atoms with Crippen LogP contribution in [0.3, 0.4) is 0 Å². The molecule has 2 aromatic rings. The van der Waals surface area contributed by atoms with Crippen LogP contribution < -0.4 is 11.1 Å². The van der Waals surface area contributed by atoms with Crippen LogP contribution in [0.5, 0.6) is 0 Å². The minimum atomic E-state index is 0.280. The highest BCUT2D eigenvalue weighted by atomic mass is 15.3. The second-order valence-electron chi connectivity index (χ2n) is 5.73. The van der Waals surface area contributed by atoms with Gasteiger partial charge < -0.3 is 11.1 Å². The molecule has 0 saturated heterocycles. The maximum absolute atomic E-state index is 5.58. The van der Waals surface area contributed by atoms with Gasteiger partial charge in [-0.25, -0.2) is 9.50 Å². The van der Waals surface area contributed by atoms with E-state index >= 15 is 0 Å². The standard InChI is InChI=1S/C14H23N5/c1-4-7-14(2,3)10-16-12-5-6-13-17-11(8-15)9-19(13)18-12/h5-6,9H,4,7-8,10,15H2,1-3H3,(H,16,18). The highest BCUT2D eigenvalue weighted by molar-refractivity contribution is 5.45. The highest BCUT2D eigenvalue weighted by Crippen LogP contribution is 2.22.